The van der Waals surface area contributed by atoms with E-state index < -0.39 is 0 Å². The third-order valence-corrected chi connectivity index (χ3v) is 4.51. The van der Waals surface area contributed by atoms with Crippen LogP contribution < -0.4 is 15.4 Å². The Morgan fingerprint density at radius 3 is 2.48 bits per heavy atom. The Balaban J connectivity index is 1.60. The molecule has 0 radical (unpaired) electrons. The van der Waals surface area contributed by atoms with Gasteiger partial charge in [0, 0.05) is 29.9 Å². The van der Waals surface area contributed by atoms with Crippen LogP contribution >= 0.6 is 11.6 Å². The molecule has 0 aliphatic carbocycles. The summed E-state index contributed by atoms with van der Waals surface area (Å²) in [6.07, 6.45) is 0.823. The number of methoxy groups -OCH3 is 1. The van der Waals surface area contributed by atoms with Gasteiger partial charge in [-0.1, -0.05) is 48.0 Å². The molecule has 0 saturated carbocycles. The Kier molecular flexibility index (Phi) is 6.49. The van der Waals surface area contributed by atoms with E-state index in [4.69, 9.17) is 16.3 Å². The van der Waals surface area contributed by atoms with E-state index in [2.05, 4.69) is 26.7 Å². The van der Waals surface area contributed by atoms with Gasteiger partial charge in [-0.25, -0.2) is 4.98 Å². The molecule has 0 aliphatic rings. The van der Waals surface area contributed by atoms with Gasteiger partial charge in [-0.3, -0.25) is 0 Å². The molecule has 6 heteroatoms. The topological polar surface area (TPSA) is 59.1 Å². The minimum Gasteiger partial charge on any atom is -0.496 e. The molecule has 0 bridgehead atoms. The fourth-order valence-corrected chi connectivity index (χ4v) is 2.99. The van der Waals surface area contributed by atoms with Crippen molar-refractivity contribution < 1.29 is 4.74 Å². The average molecular weight is 383 g/mol. The number of nitrogens with zero attached hydrogens (tertiary/aromatic N) is 2. The highest BCUT2D eigenvalue weighted by Crippen LogP contribution is 2.19. The van der Waals surface area contributed by atoms with Crippen LogP contribution in [0.4, 0.5) is 11.8 Å². The number of anilines is 2. The van der Waals surface area contributed by atoms with Crippen LogP contribution in [0, 0.1) is 6.92 Å². The van der Waals surface area contributed by atoms with Crippen molar-refractivity contribution >= 4 is 23.4 Å². The molecular weight excluding hydrogens is 360 g/mol. The zero-order valence-electron chi connectivity index (χ0n) is 15.5. The molecule has 3 aromatic rings. The van der Waals surface area contributed by atoms with Crippen LogP contribution in [0.1, 0.15) is 16.8 Å². The maximum Gasteiger partial charge on any atom is 0.224 e. The molecule has 5 nitrogen and oxygen atoms in total. The molecule has 0 unspecified atom stereocenters. The predicted octanol–water partition coefficient (Wildman–Crippen LogP) is 4.71. The van der Waals surface area contributed by atoms with E-state index in [1.54, 1.807) is 7.11 Å². The standard InChI is InChI=1S/C21H23ClN4O/c1-15-13-20(24-14-17-8-3-5-9-18(17)22)26-21(25-15)23-12-11-16-7-4-6-10-19(16)27-2/h3-10,13H,11-12,14H2,1-2H3,(H2,23,24,25,26). The molecule has 0 aliphatic heterocycles. The molecular formula is C21H23ClN4O. The van der Waals surface area contributed by atoms with Gasteiger partial charge in [-0.2, -0.15) is 4.98 Å². The second kappa shape index (κ2) is 9.24. The third kappa shape index (κ3) is 5.34. The van der Waals surface area contributed by atoms with Gasteiger partial charge in [0.2, 0.25) is 5.95 Å². The van der Waals surface area contributed by atoms with Crippen LogP contribution in [-0.2, 0) is 13.0 Å². The van der Waals surface area contributed by atoms with Crippen LogP contribution in [0.5, 0.6) is 5.75 Å². The number of aryl methyl sites for hydroxylation is 1. The Morgan fingerprint density at radius 2 is 1.70 bits per heavy atom. The molecule has 0 amide bonds. The average Bonchev–Trinajstić information content (AvgIpc) is 2.67. The van der Waals surface area contributed by atoms with E-state index in [1.165, 1.54) is 0 Å². The number of halogens is 1. The summed E-state index contributed by atoms with van der Waals surface area (Å²) >= 11 is 6.21. The van der Waals surface area contributed by atoms with Gasteiger partial charge in [0.1, 0.15) is 11.6 Å². The molecule has 1 aromatic heterocycles. The quantitative estimate of drug-likeness (QED) is 0.590. The van der Waals surface area contributed by atoms with Crippen LogP contribution in [0.2, 0.25) is 5.02 Å². The number of hydrogen-bond donors (Lipinski definition) is 2. The fraction of sp³-hybridized carbons (Fsp3) is 0.238. The van der Waals surface area contributed by atoms with Crippen molar-refractivity contribution in [3.8, 4) is 5.75 Å². The summed E-state index contributed by atoms with van der Waals surface area (Å²) in [5, 5.41) is 7.35. The van der Waals surface area contributed by atoms with Gasteiger partial charge in [0.15, 0.2) is 0 Å². The summed E-state index contributed by atoms with van der Waals surface area (Å²) in [7, 11) is 1.69. The van der Waals surface area contributed by atoms with Crippen molar-refractivity contribution in [2.45, 2.75) is 19.9 Å². The highest BCUT2D eigenvalue weighted by molar-refractivity contribution is 6.31. The summed E-state index contributed by atoms with van der Waals surface area (Å²) < 4.78 is 5.39. The first-order valence-electron chi connectivity index (χ1n) is 8.84. The van der Waals surface area contributed by atoms with Crippen LogP contribution in [0.3, 0.4) is 0 Å². The van der Waals surface area contributed by atoms with E-state index in [0.717, 1.165) is 39.8 Å². The second-order valence-corrected chi connectivity index (χ2v) is 6.56. The monoisotopic (exact) mass is 382 g/mol. The smallest absolute Gasteiger partial charge is 0.224 e. The van der Waals surface area contributed by atoms with Gasteiger partial charge in [-0.15, -0.1) is 0 Å². The van der Waals surface area contributed by atoms with Gasteiger partial charge in [0.25, 0.3) is 0 Å². The summed E-state index contributed by atoms with van der Waals surface area (Å²) in [6.45, 7) is 3.28. The van der Waals surface area contributed by atoms with Crippen LogP contribution in [-0.4, -0.2) is 23.6 Å². The molecule has 2 aromatic carbocycles. The number of benzene rings is 2. The highest BCUT2D eigenvalue weighted by atomic mass is 35.5. The van der Waals surface area contributed by atoms with Gasteiger partial charge >= 0.3 is 0 Å². The SMILES string of the molecule is COc1ccccc1CCNc1nc(C)cc(NCc2ccccc2Cl)n1. The van der Waals surface area contributed by atoms with Gasteiger partial charge in [0.05, 0.1) is 7.11 Å². The number of nitrogens with one attached hydrogen (secondary N) is 2. The van der Waals surface area contributed by atoms with Gasteiger partial charge in [-0.05, 0) is 36.6 Å². The molecule has 0 fully saturated rings. The molecule has 2 N–H and O–H groups in total. The zero-order chi connectivity index (χ0) is 19.1. The highest BCUT2D eigenvalue weighted by Gasteiger charge is 2.05. The maximum atomic E-state index is 6.21. The van der Waals surface area contributed by atoms with Crippen molar-refractivity contribution in [3.63, 3.8) is 0 Å². The van der Waals surface area contributed by atoms with Gasteiger partial charge < -0.3 is 15.4 Å². The number of aromatic nitrogens is 2. The molecule has 3 rings (SSSR count). The summed E-state index contributed by atoms with van der Waals surface area (Å²) in [4.78, 5) is 9.01. The molecule has 0 spiro atoms. The molecule has 140 valence electrons. The summed E-state index contributed by atoms with van der Waals surface area (Å²) in [5.41, 5.74) is 3.07. The van der Waals surface area contributed by atoms with Crippen molar-refractivity contribution in [2.24, 2.45) is 0 Å². The first-order chi connectivity index (χ1) is 13.2. The molecule has 0 atom stereocenters. The number of hydrogen-bond acceptors (Lipinski definition) is 5. The second-order valence-electron chi connectivity index (χ2n) is 6.15. The fourth-order valence-electron chi connectivity index (χ4n) is 2.78. The lowest BCUT2D eigenvalue weighted by atomic mass is 10.1. The van der Waals surface area contributed by atoms with E-state index in [0.29, 0.717) is 19.0 Å². The normalized spacial score (nSPS) is 10.5. The first kappa shape index (κ1) is 19.0. The molecule has 0 saturated heterocycles. The largest absolute Gasteiger partial charge is 0.496 e. The molecule has 27 heavy (non-hydrogen) atoms. The van der Waals surface area contributed by atoms with Crippen LogP contribution in [0.15, 0.2) is 54.6 Å². The van der Waals surface area contributed by atoms with Crippen molar-refractivity contribution in [2.75, 3.05) is 24.3 Å². The Morgan fingerprint density at radius 1 is 0.963 bits per heavy atom. The summed E-state index contributed by atoms with van der Waals surface area (Å²) in [6, 6.07) is 17.7. The van der Waals surface area contributed by atoms with E-state index in [1.807, 2.05) is 55.5 Å². The lowest BCUT2D eigenvalue weighted by Crippen LogP contribution is -2.11. The van der Waals surface area contributed by atoms with E-state index >= 15 is 0 Å². The van der Waals surface area contributed by atoms with Crippen molar-refractivity contribution in [1.82, 2.24) is 9.97 Å². The van der Waals surface area contributed by atoms with Crippen molar-refractivity contribution in [3.05, 3.63) is 76.4 Å². The van der Waals surface area contributed by atoms with Crippen LogP contribution in [0.25, 0.3) is 0 Å². The number of ether oxygens (including phenoxy) is 1. The maximum absolute atomic E-state index is 6.21. The Hall–Kier alpha value is -2.79. The lowest BCUT2D eigenvalue weighted by Gasteiger charge is -2.11. The number of para-hydroxylation sites is 1. The Bertz CT molecular complexity index is 901. The van der Waals surface area contributed by atoms with E-state index in [-0.39, 0.29) is 0 Å². The zero-order valence-corrected chi connectivity index (χ0v) is 16.3. The predicted molar refractivity (Wildman–Crippen MR) is 111 cm³/mol. The first-order valence-corrected chi connectivity index (χ1v) is 9.22. The van der Waals surface area contributed by atoms with E-state index in [9.17, 15) is 0 Å². The third-order valence-electron chi connectivity index (χ3n) is 4.14. The minimum atomic E-state index is 0.603. The van der Waals surface area contributed by atoms with Crippen molar-refractivity contribution in [1.29, 1.82) is 0 Å². The number of rotatable bonds is 8. The Labute approximate surface area is 164 Å². The lowest BCUT2D eigenvalue weighted by molar-refractivity contribution is 0.410. The minimum absolute atomic E-state index is 0.603. The molecule has 1 heterocycles. The summed E-state index contributed by atoms with van der Waals surface area (Å²) in [5.74, 6) is 2.26.